The van der Waals surface area contributed by atoms with Gasteiger partial charge < -0.3 is 9.84 Å². The third-order valence-electron chi connectivity index (χ3n) is 6.44. The van der Waals surface area contributed by atoms with Gasteiger partial charge in [-0.1, -0.05) is 31.2 Å². The maximum absolute atomic E-state index is 14.1. The van der Waals surface area contributed by atoms with Crippen molar-refractivity contribution in [2.24, 2.45) is 0 Å². The average Bonchev–Trinajstić information content (AvgIpc) is 2.87. The van der Waals surface area contributed by atoms with E-state index in [1.807, 2.05) is 58.0 Å². The summed E-state index contributed by atoms with van der Waals surface area (Å²) in [5, 5.41) is 10.8. The van der Waals surface area contributed by atoms with Crippen LogP contribution in [0.15, 0.2) is 65.7 Å². The first-order chi connectivity index (χ1) is 18.2. The van der Waals surface area contributed by atoms with Crippen LogP contribution in [0.5, 0.6) is 5.88 Å². The van der Waals surface area contributed by atoms with Crippen LogP contribution in [0.4, 0.5) is 8.78 Å². The molecule has 0 spiro atoms. The monoisotopic (exact) mass is 519 g/mol. The number of aromatic nitrogens is 3. The van der Waals surface area contributed by atoms with Gasteiger partial charge in [-0.15, -0.1) is 0 Å². The van der Waals surface area contributed by atoms with Crippen LogP contribution < -0.4 is 5.56 Å². The summed E-state index contributed by atoms with van der Waals surface area (Å²) < 4.78 is 35.3. The number of pyridine rings is 1. The molecule has 4 aromatic rings. The minimum atomic E-state index is -0.733. The smallest absolute Gasteiger partial charge is 0.261 e. The Morgan fingerprint density at radius 3 is 2.34 bits per heavy atom. The topological polar surface area (TPSA) is 77.2 Å². The summed E-state index contributed by atoms with van der Waals surface area (Å²) in [6.07, 6.45) is 3.88. The Balaban J connectivity index is 1.77. The Bertz CT molecular complexity index is 1460. The van der Waals surface area contributed by atoms with Gasteiger partial charge in [-0.05, 0) is 73.2 Å². The highest BCUT2D eigenvalue weighted by molar-refractivity contribution is 5.66. The van der Waals surface area contributed by atoms with Crippen LogP contribution in [0, 0.1) is 18.6 Å². The minimum absolute atomic E-state index is 0.0466. The van der Waals surface area contributed by atoms with E-state index < -0.39 is 23.2 Å². The number of nitrogens with zero attached hydrogens (tertiary/aromatic N) is 3. The predicted molar refractivity (Wildman–Crippen MR) is 142 cm³/mol. The van der Waals surface area contributed by atoms with Gasteiger partial charge in [0.05, 0.1) is 17.7 Å². The number of benzene rings is 2. The molecule has 1 atom stereocenters. The van der Waals surface area contributed by atoms with Crippen LogP contribution in [-0.2, 0) is 17.8 Å². The Kier molecular flexibility index (Phi) is 8.32. The summed E-state index contributed by atoms with van der Waals surface area (Å²) in [4.78, 5) is 22.3. The zero-order chi connectivity index (χ0) is 27.4. The van der Waals surface area contributed by atoms with Crippen molar-refractivity contribution >= 4 is 0 Å². The molecular weight excluding hydrogens is 488 g/mol. The number of aryl methyl sites for hydroxylation is 1. The highest BCUT2D eigenvalue weighted by atomic mass is 19.1. The fourth-order valence-corrected chi connectivity index (χ4v) is 4.56. The van der Waals surface area contributed by atoms with Crippen molar-refractivity contribution in [3.05, 3.63) is 111 Å². The predicted octanol–water partition coefficient (Wildman–Crippen LogP) is 6.11. The highest BCUT2D eigenvalue weighted by Crippen LogP contribution is 2.27. The van der Waals surface area contributed by atoms with Crippen molar-refractivity contribution in [3.63, 3.8) is 0 Å². The fraction of sp³-hybridized carbons (Fsp3) is 0.300. The first-order valence-corrected chi connectivity index (χ1v) is 12.6. The summed E-state index contributed by atoms with van der Waals surface area (Å²) >= 11 is 0. The van der Waals surface area contributed by atoms with Crippen LogP contribution in [0.2, 0.25) is 0 Å². The van der Waals surface area contributed by atoms with Gasteiger partial charge in [-0.3, -0.25) is 14.3 Å². The number of rotatable bonds is 9. The van der Waals surface area contributed by atoms with Crippen molar-refractivity contribution < 1.29 is 18.6 Å². The number of hydrogen-bond donors (Lipinski definition) is 1. The molecule has 2 aromatic carbocycles. The van der Waals surface area contributed by atoms with E-state index >= 15 is 0 Å². The molecule has 0 aliphatic heterocycles. The summed E-state index contributed by atoms with van der Waals surface area (Å²) in [6.45, 7) is 7.44. The molecule has 0 aliphatic rings. The summed E-state index contributed by atoms with van der Waals surface area (Å²) in [5.74, 6) is -1.67. The van der Waals surface area contributed by atoms with Crippen molar-refractivity contribution in [1.82, 2.24) is 14.5 Å². The first-order valence-electron chi connectivity index (χ1n) is 12.6. The number of aromatic hydroxyl groups is 1. The van der Waals surface area contributed by atoms with E-state index in [0.717, 1.165) is 28.3 Å². The number of halogens is 2. The van der Waals surface area contributed by atoms with Gasteiger partial charge in [-0.2, -0.15) is 4.98 Å². The maximum Gasteiger partial charge on any atom is 0.261 e. The molecule has 8 heteroatoms. The zero-order valence-corrected chi connectivity index (χ0v) is 21.9. The Morgan fingerprint density at radius 2 is 1.74 bits per heavy atom. The molecule has 198 valence electrons. The van der Waals surface area contributed by atoms with E-state index in [1.165, 1.54) is 16.7 Å². The van der Waals surface area contributed by atoms with E-state index in [-0.39, 0.29) is 36.4 Å². The summed E-state index contributed by atoms with van der Waals surface area (Å²) in [6, 6.07) is 12.2. The molecule has 6 nitrogen and oxygen atoms in total. The fourth-order valence-electron chi connectivity index (χ4n) is 4.56. The minimum Gasteiger partial charge on any atom is -0.493 e. The SMILES string of the molecule is CCC(c1cc(F)cc(F)c1)n1c(COC(C)C)nc(O)c(Cc2ccc(-c3ccncc3C)cc2)c1=O. The molecule has 0 bridgehead atoms. The quantitative estimate of drug-likeness (QED) is 0.289. The van der Waals surface area contributed by atoms with E-state index in [0.29, 0.717) is 12.0 Å². The molecule has 4 rings (SSSR count). The highest BCUT2D eigenvalue weighted by Gasteiger charge is 2.24. The molecule has 38 heavy (non-hydrogen) atoms. The number of hydrogen-bond acceptors (Lipinski definition) is 5. The molecule has 0 saturated heterocycles. The maximum atomic E-state index is 14.1. The van der Waals surface area contributed by atoms with Gasteiger partial charge in [0.15, 0.2) is 0 Å². The van der Waals surface area contributed by atoms with Gasteiger partial charge in [0.1, 0.15) is 24.1 Å². The van der Waals surface area contributed by atoms with Crippen LogP contribution >= 0.6 is 0 Å². The van der Waals surface area contributed by atoms with Gasteiger partial charge in [0, 0.05) is 24.9 Å². The molecule has 1 N–H and O–H groups in total. The van der Waals surface area contributed by atoms with E-state index in [2.05, 4.69) is 9.97 Å². The largest absolute Gasteiger partial charge is 0.493 e. The molecule has 0 fully saturated rings. The molecule has 0 aliphatic carbocycles. The first kappa shape index (κ1) is 27.1. The molecule has 2 heterocycles. The third kappa shape index (κ3) is 5.97. The van der Waals surface area contributed by atoms with Crippen molar-refractivity contribution in [3.8, 4) is 17.0 Å². The van der Waals surface area contributed by atoms with Gasteiger partial charge in [-0.25, -0.2) is 8.78 Å². The Labute approximate surface area is 220 Å². The van der Waals surface area contributed by atoms with Crippen LogP contribution in [0.3, 0.4) is 0 Å². The Morgan fingerprint density at radius 1 is 1.05 bits per heavy atom. The van der Waals surface area contributed by atoms with E-state index in [4.69, 9.17) is 4.74 Å². The summed E-state index contributed by atoms with van der Waals surface area (Å²) in [5.41, 5.74) is 3.83. The van der Waals surface area contributed by atoms with E-state index in [9.17, 15) is 18.7 Å². The van der Waals surface area contributed by atoms with Crippen molar-refractivity contribution in [2.75, 3.05) is 0 Å². The van der Waals surface area contributed by atoms with Crippen LogP contribution in [-0.4, -0.2) is 25.7 Å². The lowest BCUT2D eigenvalue weighted by Gasteiger charge is -2.24. The summed E-state index contributed by atoms with van der Waals surface area (Å²) in [7, 11) is 0. The molecular formula is C30H31F2N3O3. The van der Waals surface area contributed by atoms with Gasteiger partial charge in [0.2, 0.25) is 5.88 Å². The lowest BCUT2D eigenvalue weighted by atomic mass is 9.99. The lowest BCUT2D eigenvalue weighted by molar-refractivity contribution is 0.0575. The molecule has 0 amide bonds. The normalized spacial score (nSPS) is 12.2. The van der Waals surface area contributed by atoms with Gasteiger partial charge in [0.25, 0.3) is 5.56 Å². The van der Waals surface area contributed by atoms with Crippen molar-refractivity contribution in [1.29, 1.82) is 0 Å². The Hall–Kier alpha value is -3.91. The van der Waals surface area contributed by atoms with Crippen molar-refractivity contribution in [2.45, 2.75) is 59.3 Å². The third-order valence-corrected chi connectivity index (χ3v) is 6.44. The average molecular weight is 520 g/mol. The van der Waals surface area contributed by atoms with E-state index in [1.54, 1.807) is 12.4 Å². The van der Waals surface area contributed by atoms with Crippen LogP contribution in [0.1, 0.15) is 61.3 Å². The standard InChI is InChI=1S/C30H31F2N3O3/c1-5-27(22-13-23(31)15-24(32)14-22)35-28(17-38-18(2)3)34-29(36)26(30(35)37)12-20-6-8-21(9-7-20)25-10-11-33-16-19(25)4/h6-11,13-16,18,27,36H,5,12,17H2,1-4H3. The second-order valence-electron chi connectivity index (χ2n) is 9.56. The lowest BCUT2D eigenvalue weighted by Crippen LogP contribution is -2.33. The molecule has 1 unspecified atom stereocenters. The molecule has 0 radical (unpaired) electrons. The number of ether oxygens (including phenoxy) is 1. The zero-order valence-electron chi connectivity index (χ0n) is 21.9. The molecule has 2 aromatic heterocycles. The van der Waals surface area contributed by atoms with Gasteiger partial charge >= 0.3 is 0 Å². The molecule has 0 saturated carbocycles. The second kappa shape index (κ2) is 11.6. The second-order valence-corrected chi connectivity index (χ2v) is 9.56. The van der Waals surface area contributed by atoms with Crippen LogP contribution in [0.25, 0.3) is 11.1 Å².